The normalized spacial score (nSPS) is 24.1. The van der Waals surface area contributed by atoms with Crippen LogP contribution in [-0.2, 0) is 6.42 Å². The highest BCUT2D eigenvalue weighted by molar-refractivity contribution is 7.99. The molecule has 0 radical (unpaired) electrons. The molecule has 50 heavy (non-hydrogen) atoms. The molecule has 7 heteroatoms. The first-order valence-electron chi connectivity index (χ1n) is 17.7. The number of aliphatic hydroxyl groups excluding tert-OH is 1. The Hall–Kier alpha value is -4.17. The summed E-state index contributed by atoms with van der Waals surface area (Å²) >= 11 is 1.55. The van der Waals surface area contributed by atoms with Crippen molar-refractivity contribution in [2.24, 2.45) is 5.41 Å². The van der Waals surface area contributed by atoms with Gasteiger partial charge in [0.15, 0.2) is 10.9 Å². The third-order valence-electron chi connectivity index (χ3n) is 11.3. The van der Waals surface area contributed by atoms with E-state index in [0.717, 1.165) is 69.9 Å². The zero-order chi connectivity index (χ0) is 34.9. The number of hydrogen-bond donors (Lipinski definition) is 3. The standard InChI is InChI=1S/C43H46N2O4S/c1-28-8-7-22-42(2)37(21-23-43(42,48)27-50-41-44-38-20-18-34(49-3)26-39(38)45-41)35-19-12-29(24-33(46)17-11-28)25-36(35)40(47)32-15-13-31(14-16-32)30-9-5-4-6-10-30/h4-6,8-10,12-16,18-20,25-26,33,37,46,48H,7,11,17,21-24,27H2,1-3H3,(H,44,45). The Labute approximate surface area is 299 Å². The molecule has 8 rings (SSSR count). The van der Waals surface area contributed by atoms with Gasteiger partial charge in [0.1, 0.15) is 5.75 Å². The molecule has 1 saturated carbocycles. The fourth-order valence-electron chi connectivity index (χ4n) is 8.12. The molecule has 258 valence electrons. The van der Waals surface area contributed by atoms with Crippen LogP contribution < -0.4 is 4.74 Å². The molecule has 1 fully saturated rings. The largest absolute Gasteiger partial charge is 0.497 e. The van der Waals surface area contributed by atoms with Gasteiger partial charge in [0.2, 0.25) is 0 Å². The predicted octanol–water partition coefficient (Wildman–Crippen LogP) is 9.30. The monoisotopic (exact) mass is 686 g/mol. The van der Waals surface area contributed by atoms with E-state index in [1.807, 2.05) is 66.7 Å². The summed E-state index contributed by atoms with van der Waals surface area (Å²) in [5.41, 5.74) is 6.93. The Morgan fingerprint density at radius 2 is 1.76 bits per heavy atom. The quantitative estimate of drug-likeness (QED) is 0.0898. The number of aliphatic hydroxyl groups is 2. The highest BCUT2D eigenvalue weighted by atomic mass is 32.2. The van der Waals surface area contributed by atoms with Crippen LogP contribution in [0.1, 0.15) is 85.3 Å². The van der Waals surface area contributed by atoms with Crippen LogP contribution in [0.2, 0.25) is 0 Å². The number of ketones is 1. The van der Waals surface area contributed by atoms with Crippen molar-refractivity contribution >= 4 is 28.6 Å². The van der Waals surface area contributed by atoms with Crippen LogP contribution in [0.5, 0.6) is 5.75 Å². The van der Waals surface area contributed by atoms with Crippen molar-refractivity contribution in [3.8, 4) is 16.9 Å². The van der Waals surface area contributed by atoms with Gasteiger partial charge in [0, 0.05) is 28.4 Å². The Morgan fingerprint density at radius 3 is 2.54 bits per heavy atom. The maximum atomic E-state index is 14.5. The number of ether oxygens (including phenoxy) is 1. The summed E-state index contributed by atoms with van der Waals surface area (Å²) < 4.78 is 5.40. The van der Waals surface area contributed by atoms with Gasteiger partial charge in [-0.05, 0) is 98.2 Å². The molecule has 4 unspecified atom stereocenters. The Morgan fingerprint density at radius 1 is 0.980 bits per heavy atom. The van der Waals surface area contributed by atoms with Crippen molar-refractivity contribution in [1.29, 1.82) is 0 Å². The van der Waals surface area contributed by atoms with Crippen LogP contribution in [0.3, 0.4) is 0 Å². The zero-order valence-corrected chi connectivity index (χ0v) is 29.9. The van der Waals surface area contributed by atoms with Gasteiger partial charge in [0.05, 0.1) is 29.8 Å². The van der Waals surface area contributed by atoms with E-state index in [2.05, 4.69) is 49.2 Å². The molecule has 1 aromatic heterocycles. The van der Waals surface area contributed by atoms with Crippen molar-refractivity contribution in [1.82, 2.24) is 9.97 Å². The number of methoxy groups -OCH3 is 1. The number of hydrogen-bond acceptors (Lipinski definition) is 6. The Balaban J connectivity index is 1.24. The zero-order valence-electron chi connectivity index (χ0n) is 29.1. The topological polar surface area (TPSA) is 95.4 Å². The molecule has 3 N–H and O–H groups in total. The number of carbonyl (C=O) groups is 1. The molecule has 2 bridgehead atoms. The summed E-state index contributed by atoms with van der Waals surface area (Å²) in [6.07, 6.45) is 6.74. The molecule has 0 amide bonds. The van der Waals surface area contributed by atoms with E-state index in [1.54, 1.807) is 18.9 Å². The molecular formula is C43H46N2O4S. The minimum atomic E-state index is -0.996. The van der Waals surface area contributed by atoms with E-state index < -0.39 is 17.1 Å². The first kappa shape index (κ1) is 34.3. The van der Waals surface area contributed by atoms with Crippen molar-refractivity contribution in [3.63, 3.8) is 0 Å². The number of nitrogens with one attached hydrogen (secondary N) is 1. The second kappa shape index (κ2) is 14.2. The molecule has 0 saturated heterocycles. The van der Waals surface area contributed by atoms with Crippen LogP contribution in [0.25, 0.3) is 22.2 Å². The second-order valence-electron chi connectivity index (χ2n) is 14.4. The highest BCUT2D eigenvalue weighted by Gasteiger charge is 2.56. The molecule has 5 aromatic rings. The minimum absolute atomic E-state index is 0.0244. The fourth-order valence-corrected chi connectivity index (χ4v) is 9.32. The SMILES string of the molecule is COc1ccc2nc(SCC3(O)CCC4c5ccc(cc5C(=O)c5ccc(-c6ccccc6)cc5)CC(O)CCC(C)=CCCC43C)[nH]c2c1. The van der Waals surface area contributed by atoms with Crippen LogP contribution in [-0.4, -0.2) is 50.5 Å². The predicted molar refractivity (Wildman–Crippen MR) is 202 cm³/mol. The van der Waals surface area contributed by atoms with Crippen LogP contribution in [0.4, 0.5) is 0 Å². The van der Waals surface area contributed by atoms with Crippen molar-refractivity contribution in [3.05, 3.63) is 125 Å². The maximum absolute atomic E-state index is 14.5. The molecule has 6 nitrogen and oxygen atoms in total. The summed E-state index contributed by atoms with van der Waals surface area (Å²) in [7, 11) is 1.65. The average Bonchev–Trinajstić information content (AvgIpc) is 3.66. The maximum Gasteiger partial charge on any atom is 0.193 e. The average molecular weight is 687 g/mol. The van der Waals surface area contributed by atoms with Crippen molar-refractivity contribution in [2.75, 3.05) is 12.9 Å². The number of fused-ring (bicyclic) bond motifs is 9. The number of imidazole rings is 1. The van der Waals surface area contributed by atoms with Crippen molar-refractivity contribution in [2.45, 2.75) is 81.6 Å². The molecule has 3 aliphatic carbocycles. The summed E-state index contributed by atoms with van der Waals surface area (Å²) in [5.74, 6) is 1.19. The molecule has 3 aliphatic rings. The summed E-state index contributed by atoms with van der Waals surface area (Å²) in [6, 6.07) is 30.0. The Bertz CT molecular complexity index is 2020. The van der Waals surface area contributed by atoms with E-state index >= 15 is 0 Å². The van der Waals surface area contributed by atoms with Crippen LogP contribution >= 0.6 is 11.8 Å². The summed E-state index contributed by atoms with van der Waals surface area (Å²) in [5, 5.41) is 24.4. The lowest BCUT2D eigenvalue weighted by atomic mass is 9.65. The molecule has 0 aliphatic heterocycles. The number of thioether (sulfide) groups is 1. The number of nitrogens with zero attached hydrogens (tertiary/aromatic N) is 1. The number of allylic oxidation sites excluding steroid dienone is 2. The first-order valence-corrected chi connectivity index (χ1v) is 18.7. The van der Waals surface area contributed by atoms with E-state index in [-0.39, 0.29) is 11.7 Å². The van der Waals surface area contributed by atoms with Gasteiger partial charge in [-0.15, -0.1) is 0 Å². The molecule has 4 atom stereocenters. The lowest BCUT2D eigenvalue weighted by molar-refractivity contribution is -0.0422. The first-order chi connectivity index (χ1) is 24.2. The number of H-pyrrole nitrogens is 1. The molecule has 1 heterocycles. The molecule has 4 aromatic carbocycles. The summed E-state index contributed by atoms with van der Waals surface area (Å²) in [6.45, 7) is 4.36. The second-order valence-corrected chi connectivity index (χ2v) is 15.4. The number of carbonyl (C=O) groups excluding carboxylic acids is 1. The van der Waals surface area contributed by atoms with Crippen LogP contribution in [0, 0.1) is 5.41 Å². The molecular weight excluding hydrogens is 641 g/mol. The van der Waals surface area contributed by atoms with Crippen molar-refractivity contribution < 1.29 is 19.7 Å². The van der Waals surface area contributed by atoms with Gasteiger partial charge in [-0.3, -0.25) is 4.79 Å². The van der Waals surface area contributed by atoms with Gasteiger partial charge in [-0.2, -0.15) is 0 Å². The third kappa shape index (κ3) is 6.79. The minimum Gasteiger partial charge on any atom is -0.497 e. The fraction of sp³-hybridized carbons (Fsp3) is 0.349. The van der Waals surface area contributed by atoms with Gasteiger partial charge in [-0.25, -0.2) is 4.98 Å². The number of benzene rings is 4. The van der Waals surface area contributed by atoms with E-state index in [0.29, 0.717) is 36.1 Å². The number of rotatable bonds is 7. The number of aromatic nitrogens is 2. The van der Waals surface area contributed by atoms with E-state index in [1.165, 1.54) is 5.57 Å². The van der Waals surface area contributed by atoms with Gasteiger partial charge in [0.25, 0.3) is 0 Å². The lowest BCUT2D eigenvalue weighted by Gasteiger charge is -2.44. The lowest BCUT2D eigenvalue weighted by Crippen LogP contribution is -2.46. The van der Waals surface area contributed by atoms with E-state index in [4.69, 9.17) is 9.72 Å². The van der Waals surface area contributed by atoms with Gasteiger partial charge >= 0.3 is 0 Å². The summed E-state index contributed by atoms with van der Waals surface area (Å²) in [4.78, 5) is 22.7. The number of aromatic amines is 1. The third-order valence-corrected chi connectivity index (χ3v) is 12.4. The smallest absolute Gasteiger partial charge is 0.193 e. The highest BCUT2D eigenvalue weighted by Crippen LogP contribution is 2.59. The molecule has 0 spiro atoms. The van der Waals surface area contributed by atoms with Gasteiger partial charge in [-0.1, -0.05) is 97.1 Å². The Kier molecular flexibility index (Phi) is 9.75. The van der Waals surface area contributed by atoms with E-state index in [9.17, 15) is 15.0 Å². The van der Waals surface area contributed by atoms with Crippen LogP contribution in [0.15, 0.2) is 108 Å². The van der Waals surface area contributed by atoms with Gasteiger partial charge < -0.3 is 19.9 Å².